The molecule has 0 spiro atoms. The molecule has 1 aromatic heterocycles. The Morgan fingerprint density at radius 3 is 2.04 bits per heavy atom. The zero-order valence-corrected chi connectivity index (χ0v) is 15.3. The highest BCUT2D eigenvalue weighted by Gasteiger charge is 2.41. The van der Waals surface area contributed by atoms with Gasteiger partial charge in [-0.3, -0.25) is 4.79 Å². The van der Waals surface area contributed by atoms with Crippen LogP contribution in [-0.2, 0) is 26.5 Å². The minimum absolute atomic E-state index is 0.371. The highest BCUT2D eigenvalue weighted by atomic mass is 32.1. The summed E-state index contributed by atoms with van der Waals surface area (Å²) in [7, 11) is 0. The zero-order chi connectivity index (χ0) is 19.1. The Morgan fingerprint density at radius 1 is 0.926 bits per heavy atom. The third-order valence-corrected chi connectivity index (χ3v) is 4.93. The molecule has 0 aliphatic rings. The van der Waals surface area contributed by atoms with Crippen molar-refractivity contribution in [1.29, 1.82) is 0 Å². The second kappa shape index (κ2) is 8.62. The Labute approximate surface area is 161 Å². The summed E-state index contributed by atoms with van der Waals surface area (Å²) in [5, 5.41) is 15.8. The van der Waals surface area contributed by atoms with Gasteiger partial charge < -0.3 is 15.2 Å². The second-order valence-corrected chi connectivity index (χ2v) is 6.91. The van der Waals surface area contributed by atoms with E-state index in [1.807, 2.05) is 17.5 Å². The van der Waals surface area contributed by atoms with Crippen LogP contribution in [0.5, 0.6) is 0 Å². The largest absolute Gasteiger partial charge is 0.453 e. The minimum atomic E-state index is -1.99. The summed E-state index contributed by atoms with van der Waals surface area (Å²) in [6, 6.07) is 20.9. The van der Waals surface area contributed by atoms with E-state index < -0.39 is 24.1 Å². The lowest BCUT2D eigenvalue weighted by atomic mass is 9.86. The van der Waals surface area contributed by atoms with Crippen LogP contribution in [0.4, 0.5) is 0 Å². The fraction of sp³-hybridized carbons (Fsp3) is 0.143. The predicted molar refractivity (Wildman–Crippen MR) is 103 cm³/mol. The van der Waals surface area contributed by atoms with Crippen molar-refractivity contribution in [2.45, 2.75) is 12.1 Å². The Bertz CT molecular complexity index is 840. The van der Waals surface area contributed by atoms with Gasteiger partial charge in [0.25, 0.3) is 5.91 Å². The first-order chi connectivity index (χ1) is 13.1. The van der Waals surface area contributed by atoms with E-state index in [2.05, 4.69) is 5.32 Å². The first-order valence-electron chi connectivity index (χ1n) is 8.40. The normalized spacial score (nSPS) is 11.0. The van der Waals surface area contributed by atoms with Crippen LogP contribution in [-0.4, -0.2) is 23.6 Å². The topological polar surface area (TPSA) is 75.6 Å². The first-order valence-corrected chi connectivity index (χ1v) is 9.28. The van der Waals surface area contributed by atoms with Crippen LogP contribution in [0, 0.1) is 0 Å². The minimum Gasteiger partial charge on any atom is -0.453 e. The van der Waals surface area contributed by atoms with E-state index >= 15 is 0 Å². The number of carbonyl (C=O) groups excluding carboxylic acids is 2. The van der Waals surface area contributed by atoms with Crippen molar-refractivity contribution in [3.05, 3.63) is 94.2 Å². The summed E-state index contributed by atoms with van der Waals surface area (Å²) in [6.45, 7) is -0.0954. The number of aliphatic hydroxyl groups is 1. The molecule has 6 heteroatoms. The maximum atomic E-state index is 12.8. The molecular weight excluding hydrogens is 362 g/mol. The maximum Gasteiger partial charge on any atom is 0.348 e. The van der Waals surface area contributed by atoms with Gasteiger partial charge in [0.2, 0.25) is 5.60 Å². The molecule has 1 heterocycles. The van der Waals surface area contributed by atoms with Gasteiger partial charge in [0.05, 0.1) is 6.54 Å². The van der Waals surface area contributed by atoms with Gasteiger partial charge in [0.15, 0.2) is 6.61 Å². The van der Waals surface area contributed by atoms with Gasteiger partial charge >= 0.3 is 5.97 Å². The Hall–Kier alpha value is -2.96. The summed E-state index contributed by atoms with van der Waals surface area (Å²) < 4.78 is 5.15. The third kappa shape index (κ3) is 4.42. The lowest BCUT2D eigenvalue weighted by Crippen LogP contribution is -2.40. The molecule has 27 heavy (non-hydrogen) atoms. The number of rotatable bonds is 7. The number of benzene rings is 2. The van der Waals surface area contributed by atoms with E-state index in [0.29, 0.717) is 17.7 Å². The summed E-state index contributed by atoms with van der Waals surface area (Å²) in [6.07, 6.45) is 0. The molecule has 0 bridgehead atoms. The average Bonchev–Trinajstić information content (AvgIpc) is 3.25. The molecule has 0 radical (unpaired) electrons. The van der Waals surface area contributed by atoms with Crippen molar-refractivity contribution in [3.63, 3.8) is 0 Å². The van der Waals surface area contributed by atoms with E-state index in [1.165, 1.54) is 11.3 Å². The Morgan fingerprint density at radius 2 is 1.52 bits per heavy atom. The number of carbonyl (C=O) groups is 2. The highest BCUT2D eigenvalue weighted by Crippen LogP contribution is 2.30. The number of nitrogens with one attached hydrogen (secondary N) is 1. The fourth-order valence-corrected chi connectivity index (χ4v) is 3.29. The molecule has 3 rings (SSSR count). The van der Waals surface area contributed by atoms with Gasteiger partial charge in [-0.2, -0.15) is 0 Å². The van der Waals surface area contributed by atoms with Gasteiger partial charge in [-0.05, 0) is 22.6 Å². The lowest BCUT2D eigenvalue weighted by molar-refractivity contribution is -0.164. The number of thiophene rings is 1. The molecule has 0 saturated heterocycles. The maximum absolute atomic E-state index is 12.8. The van der Waals surface area contributed by atoms with Crippen molar-refractivity contribution in [2.24, 2.45) is 0 Å². The van der Waals surface area contributed by atoms with E-state index in [9.17, 15) is 14.7 Å². The number of hydrogen-bond donors (Lipinski definition) is 2. The summed E-state index contributed by atoms with van der Waals surface area (Å²) in [5.74, 6) is -1.33. The van der Waals surface area contributed by atoms with Crippen LogP contribution >= 0.6 is 11.3 Å². The molecular formula is C21H19NO4S. The van der Waals surface area contributed by atoms with Crippen molar-refractivity contribution in [1.82, 2.24) is 5.32 Å². The SMILES string of the molecule is O=C(COC(=O)C(O)(c1ccccc1)c1ccccc1)NCc1cccs1. The van der Waals surface area contributed by atoms with Crippen LogP contribution < -0.4 is 5.32 Å². The number of amides is 1. The molecule has 0 fully saturated rings. The molecule has 3 aromatic rings. The predicted octanol–water partition coefficient (Wildman–Crippen LogP) is 2.84. The Balaban J connectivity index is 1.71. The van der Waals surface area contributed by atoms with Crippen molar-refractivity contribution in [2.75, 3.05) is 6.61 Å². The number of ether oxygens (including phenoxy) is 1. The van der Waals surface area contributed by atoms with Crippen LogP contribution in [0.25, 0.3) is 0 Å². The molecule has 0 atom stereocenters. The summed E-state index contributed by atoms with van der Waals surface area (Å²) >= 11 is 1.53. The smallest absolute Gasteiger partial charge is 0.348 e. The molecule has 1 amide bonds. The van der Waals surface area contributed by atoms with Crippen LogP contribution in [0.3, 0.4) is 0 Å². The highest BCUT2D eigenvalue weighted by molar-refractivity contribution is 7.09. The summed E-state index contributed by atoms with van der Waals surface area (Å²) in [4.78, 5) is 25.7. The molecule has 138 valence electrons. The molecule has 0 saturated carbocycles. The van der Waals surface area contributed by atoms with E-state index in [1.54, 1.807) is 60.7 Å². The average molecular weight is 381 g/mol. The van der Waals surface area contributed by atoms with E-state index in [0.717, 1.165) is 4.88 Å². The quantitative estimate of drug-likeness (QED) is 0.617. The van der Waals surface area contributed by atoms with Gasteiger partial charge in [-0.15, -0.1) is 11.3 Å². The zero-order valence-electron chi connectivity index (χ0n) is 14.5. The van der Waals surface area contributed by atoms with Crippen LogP contribution in [0.15, 0.2) is 78.2 Å². The van der Waals surface area contributed by atoms with Crippen molar-refractivity contribution < 1.29 is 19.4 Å². The molecule has 2 N–H and O–H groups in total. The van der Waals surface area contributed by atoms with Gasteiger partial charge in [-0.1, -0.05) is 66.7 Å². The summed E-state index contributed by atoms with van der Waals surface area (Å²) in [5.41, 5.74) is -1.24. The molecule has 2 aromatic carbocycles. The number of esters is 1. The van der Waals surface area contributed by atoms with Crippen LogP contribution in [0.2, 0.25) is 0 Å². The van der Waals surface area contributed by atoms with Gasteiger partial charge in [0.1, 0.15) is 0 Å². The van der Waals surface area contributed by atoms with E-state index in [-0.39, 0.29) is 0 Å². The standard InChI is InChI=1S/C21H19NO4S/c23-19(22-14-18-12-7-13-27-18)15-26-20(24)21(25,16-8-3-1-4-9-16)17-10-5-2-6-11-17/h1-13,25H,14-15H2,(H,22,23). The first kappa shape index (κ1) is 18.8. The molecule has 0 aliphatic carbocycles. The second-order valence-electron chi connectivity index (χ2n) is 5.87. The molecule has 0 aliphatic heterocycles. The Kier molecular flexibility index (Phi) is 6.01. The van der Waals surface area contributed by atoms with Gasteiger partial charge in [0, 0.05) is 4.88 Å². The van der Waals surface area contributed by atoms with Gasteiger partial charge in [-0.25, -0.2) is 4.79 Å². The van der Waals surface area contributed by atoms with E-state index in [4.69, 9.17) is 4.74 Å². The lowest BCUT2D eigenvalue weighted by Gasteiger charge is -2.26. The monoisotopic (exact) mass is 381 g/mol. The third-order valence-electron chi connectivity index (χ3n) is 4.05. The molecule has 0 unspecified atom stereocenters. The fourth-order valence-electron chi connectivity index (χ4n) is 2.65. The van der Waals surface area contributed by atoms with Crippen molar-refractivity contribution in [3.8, 4) is 0 Å². The van der Waals surface area contributed by atoms with Crippen LogP contribution in [0.1, 0.15) is 16.0 Å². The number of hydrogen-bond acceptors (Lipinski definition) is 5. The molecule has 5 nitrogen and oxygen atoms in total. The van der Waals surface area contributed by atoms with Crippen molar-refractivity contribution >= 4 is 23.2 Å².